The minimum absolute atomic E-state index is 0.0847. The van der Waals surface area contributed by atoms with Crippen LogP contribution >= 0.6 is 0 Å². The number of H-pyrrole nitrogens is 2. The molecule has 0 aliphatic carbocycles. The lowest BCUT2D eigenvalue weighted by molar-refractivity contribution is 0.0711. The molecule has 2 rings (SSSR count). The van der Waals surface area contributed by atoms with Crippen LogP contribution in [0.4, 0.5) is 8.78 Å². The number of aromatic amines is 2. The lowest BCUT2D eigenvalue weighted by Crippen LogP contribution is -2.22. The monoisotopic (exact) mass is 284 g/mol. The average Bonchev–Trinajstić information content (AvgIpc) is 2.37. The molecule has 1 atom stereocenters. The Morgan fingerprint density at radius 3 is 2.50 bits per heavy atom. The van der Waals surface area contributed by atoms with Gasteiger partial charge in [0.2, 0.25) is 0 Å². The van der Waals surface area contributed by atoms with Gasteiger partial charge in [0.1, 0.15) is 0 Å². The fraction of sp³-hybridized carbons (Fsp3) is 0.385. The highest BCUT2D eigenvalue weighted by Crippen LogP contribution is 2.31. The zero-order valence-electron chi connectivity index (χ0n) is 11.0. The number of ether oxygens (including phenoxy) is 1. The Hall–Kier alpha value is -2.02. The number of benzene rings is 1. The van der Waals surface area contributed by atoms with Crippen molar-refractivity contribution in [3.8, 4) is 0 Å². The lowest BCUT2D eigenvalue weighted by atomic mass is 10.0. The Labute approximate surface area is 112 Å². The van der Waals surface area contributed by atoms with E-state index in [0.717, 1.165) is 6.07 Å². The Bertz CT molecular complexity index is 736. The molecule has 0 aliphatic heterocycles. The molecule has 0 spiro atoms. The molecule has 0 fully saturated rings. The van der Waals surface area contributed by atoms with E-state index in [9.17, 15) is 18.4 Å². The van der Waals surface area contributed by atoms with Gasteiger partial charge in [-0.15, -0.1) is 0 Å². The summed E-state index contributed by atoms with van der Waals surface area (Å²) >= 11 is 0. The van der Waals surface area contributed by atoms with E-state index in [0.29, 0.717) is 6.61 Å². The minimum atomic E-state index is -2.72. The maximum Gasteiger partial charge on any atom is 0.326 e. The summed E-state index contributed by atoms with van der Waals surface area (Å²) < 4.78 is 31.6. The Morgan fingerprint density at radius 1 is 1.20 bits per heavy atom. The van der Waals surface area contributed by atoms with Gasteiger partial charge in [0.25, 0.3) is 12.0 Å². The highest BCUT2D eigenvalue weighted by atomic mass is 19.3. The second-order valence-electron chi connectivity index (χ2n) is 4.33. The van der Waals surface area contributed by atoms with Crippen LogP contribution < -0.4 is 11.2 Å². The number of alkyl halides is 2. The first-order valence-corrected chi connectivity index (χ1v) is 6.14. The van der Waals surface area contributed by atoms with Crippen molar-refractivity contribution in [1.82, 2.24) is 9.97 Å². The number of fused-ring (bicyclic) bond motifs is 1. The maximum absolute atomic E-state index is 13.1. The number of aromatic nitrogens is 2. The molecule has 1 unspecified atom stereocenters. The van der Waals surface area contributed by atoms with E-state index < -0.39 is 23.8 Å². The van der Waals surface area contributed by atoms with Crippen LogP contribution in [0.2, 0.25) is 0 Å². The van der Waals surface area contributed by atoms with Gasteiger partial charge in [0, 0.05) is 12.2 Å². The molecule has 2 N–H and O–H groups in total. The van der Waals surface area contributed by atoms with Crippen LogP contribution in [0.5, 0.6) is 0 Å². The molecule has 2 aromatic rings. The molecule has 0 aliphatic rings. The Morgan fingerprint density at radius 2 is 1.90 bits per heavy atom. The van der Waals surface area contributed by atoms with Gasteiger partial charge in [-0.3, -0.25) is 9.78 Å². The third kappa shape index (κ3) is 2.62. The van der Waals surface area contributed by atoms with Crippen molar-refractivity contribution in [2.24, 2.45) is 0 Å². The van der Waals surface area contributed by atoms with Crippen molar-refractivity contribution in [2.45, 2.75) is 26.4 Å². The highest BCUT2D eigenvalue weighted by molar-refractivity contribution is 5.79. The van der Waals surface area contributed by atoms with E-state index >= 15 is 0 Å². The molecule has 0 saturated heterocycles. The van der Waals surface area contributed by atoms with Crippen LogP contribution in [0.15, 0.2) is 21.7 Å². The smallest absolute Gasteiger partial charge is 0.326 e. The van der Waals surface area contributed by atoms with Crippen molar-refractivity contribution in [2.75, 3.05) is 6.61 Å². The van der Waals surface area contributed by atoms with E-state index in [1.807, 2.05) is 0 Å². The number of hydrogen-bond acceptors (Lipinski definition) is 3. The Kier molecular flexibility index (Phi) is 3.99. The van der Waals surface area contributed by atoms with Crippen molar-refractivity contribution < 1.29 is 13.5 Å². The molecule has 1 heterocycles. The summed E-state index contributed by atoms with van der Waals surface area (Å²) in [5.41, 5.74) is -1.27. The summed E-state index contributed by atoms with van der Waals surface area (Å²) in [4.78, 5) is 27.3. The molecular formula is C13H14F2N2O3. The average molecular weight is 284 g/mol. The van der Waals surface area contributed by atoms with Crippen molar-refractivity contribution >= 4 is 10.9 Å². The maximum atomic E-state index is 13.1. The van der Waals surface area contributed by atoms with Crippen LogP contribution in [0.1, 0.15) is 37.5 Å². The highest BCUT2D eigenvalue weighted by Gasteiger charge is 2.20. The third-order valence-corrected chi connectivity index (χ3v) is 3.03. The van der Waals surface area contributed by atoms with E-state index in [-0.39, 0.29) is 22.0 Å². The lowest BCUT2D eigenvalue weighted by Gasteiger charge is -2.17. The molecule has 108 valence electrons. The molecule has 0 saturated carbocycles. The molecule has 20 heavy (non-hydrogen) atoms. The molecule has 0 amide bonds. The van der Waals surface area contributed by atoms with Gasteiger partial charge in [-0.05, 0) is 31.5 Å². The van der Waals surface area contributed by atoms with E-state index in [1.165, 1.54) is 6.07 Å². The number of halogens is 2. The molecule has 1 aromatic heterocycles. The summed E-state index contributed by atoms with van der Waals surface area (Å²) in [5.74, 6) is 0. The van der Waals surface area contributed by atoms with Crippen LogP contribution in [0, 0.1) is 0 Å². The summed E-state index contributed by atoms with van der Waals surface area (Å²) in [7, 11) is 0. The zero-order valence-corrected chi connectivity index (χ0v) is 11.0. The van der Waals surface area contributed by atoms with Crippen LogP contribution in [0.3, 0.4) is 0 Å². The van der Waals surface area contributed by atoms with Gasteiger partial charge in [-0.25, -0.2) is 13.6 Å². The van der Waals surface area contributed by atoms with E-state index in [4.69, 9.17) is 4.74 Å². The third-order valence-electron chi connectivity index (χ3n) is 3.03. The van der Waals surface area contributed by atoms with Crippen molar-refractivity contribution in [1.29, 1.82) is 0 Å². The first kappa shape index (κ1) is 14.4. The fourth-order valence-corrected chi connectivity index (χ4v) is 2.13. The predicted octanol–water partition coefficient (Wildman–Crippen LogP) is 2.25. The largest absolute Gasteiger partial charge is 0.374 e. The van der Waals surface area contributed by atoms with Gasteiger partial charge in [0.05, 0.1) is 17.0 Å². The number of hydrogen-bond donors (Lipinski definition) is 2. The molecule has 7 heteroatoms. The van der Waals surface area contributed by atoms with Crippen molar-refractivity contribution in [3.63, 3.8) is 0 Å². The summed E-state index contributed by atoms with van der Waals surface area (Å²) in [6.07, 6.45) is -3.29. The van der Waals surface area contributed by atoms with Gasteiger partial charge in [-0.1, -0.05) is 0 Å². The standard InChI is InChI=1S/C13H14F2N2O3/c1-3-20-6(2)7-4-9-10(5-8(7)11(14)15)16-13(19)17-12(9)18/h4-6,11H,3H2,1-2H3,(H2,16,17,18,19). The fourth-order valence-electron chi connectivity index (χ4n) is 2.13. The molecule has 1 aromatic carbocycles. The second-order valence-corrected chi connectivity index (χ2v) is 4.33. The molecule has 0 radical (unpaired) electrons. The van der Waals surface area contributed by atoms with Crippen LogP contribution in [0.25, 0.3) is 10.9 Å². The SMILES string of the molecule is CCOC(C)c1cc2c(=O)[nH]c(=O)[nH]c2cc1C(F)F. The quantitative estimate of drug-likeness (QED) is 0.904. The summed E-state index contributed by atoms with van der Waals surface area (Å²) in [6, 6.07) is 2.47. The molecule has 5 nitrogen and oxygen atoms in total. The predicted molar refractivity (Wildman–Crippen MR) is 70.2 cm³/mol. The van der Waals surface area contributed by atoms with Gasteiger partial charge in [0.15, 0.2) is 0 Å². The minimum Gasteiger partial charge on any atom is -0.374 e. The normalized spacial score (nSPS) is 13.1. The van der Waals surface area contributed by atoms with Gasteiger partial charge < -0.3 is 9.72 Å². The second kappa shape index (κ2) is 5.54. The first-order valence-electron chi connectivity index (χ1n) is 6.14. The summed E-state index contributed by atoms with van der Waals surface area (Å²) in [5, 5.41) is 0.149. The summed E-state index contributed by atoms with van der Waals surface area (Å²) in [6.45, 7) is 3.75. The first-order chi connectivity index (χ1) is 9.43. The molecular weight excluding hydrogens is 270 g/mol. The van der Waals surface area contributed by atoms with E-state index in [2.05, 4.69) is 9.97 Å². The van der Waals surface area contributed by atoms with Crippen molar-refractivity contribution in [3.05, 3.63) is 44.1 Å². The number of rotatable bonds is 4. The molecule has 0 bridgehead atoms. The van der Waals surface area contributed by atoms with Gasteiger partial charge in [-0.2, -0.15) is 0 Å². The Balaban J connectivity index is 2.75. The van der Waals surface area contributed by atoms with Crippen LogP contribution in [-0.2, 0) is 4.74 Å². The van der Waals surface area contributed by atoms with Gasteiger partial charge >= 0.3 is 5.69 Å². The van der Waals surface area contributed by atoms with Crippen LogP contribution in [-0.4, -0.2) is 16.6 Å². The topological polar surface area (TPSA) is 75.0 Å². The van der Waals surface area contributed by atoms with E-state index in [1.54, 1.807) is 13.8 Å². The number of nitrogens with one attached hydrogen (secondary N) is 2. The zero-order chi connectivity index (χ0) is 14.9.